The molecule has 0 saturated heterocycles. The van der Waals surface area contributed by atoms with Crippen molar-refractivity contribution in [1.29, 1.82) is 0 Å². The predicted molar refractivity (Wildman–Crippen MR) is 338 cm³/mol. The number of unbranched alkanes of at least 4 members (excludes halogenated alkanes) is 2. The molecule has 474 valence electrons. The maximum Gasteiger partial charge on any atom is 0.337 e. The summed E-state index contributed by atoms with van der Waals surface area (Å²) < 4.78 is 106. The second-order valence-electron chi connectivity index (χ2n) is 20.4. The molecule has 0 unspecified atom stereocenters. The number of hydrogen-bond donors (Lipinski definition) is 4. The predicted octanol–water partition coefficient (Wildman–Crippen LogP) is 9.48. The van der Waals surface area contributed by atoms with Crippen molar-refractivity contribution in [3.63, 3.8) is 0 Å². The Labute approximate surface area is 512 Å². The van der Waals surface area contributed by atoms with Crippen molar-refractivity contribution in [3.8, 4) is 46.0 Å². The molecule has 6 aromatic carbocycles. The Balaban J connectivity index is 0.000000278. The molecular weight excluding hydrogens is 1180 g/mol. The number of aromatic carboxylic acids is 1. The Morgan fingerprint density at radius 3 is 1.30 bits per heavy atom. The molecule has 0 spiro atoms. The Morgan fingerprint density at radius 2 is 0.909 bits per heavy atom. The third-order valence-corrected chi connectivity index (χ3v) is 16.2. The van der Waals surface area contributed by atoms with Crippen molar-refractivity contribution in [2.24, 2.45) is 33.9 Å². The molecule has 2 aromatic heterocycles. The number of imidazole rings is 2. The molecule has 0 aliphatic heterocycles. The highest BCUT2D eigenvalue weighted by molar-refractivity contribution is 7.93. The smallest absolute Gasteiger partial charge is 0.337 e. The Hall–Kier alpha value is -8.98. The molecule has 0 amide bonds. The van der Waals surface area contributed by atoms with Crippen molar-refractivity contribution in [3.05, 3.63) is 141 Å². The van der Waals surface area contributed by atoms with E-state index in [1.165, 1.54) is 80.0 Å². The van der Waals surface area contributed by atoms with Crippen LogP contribution in [0.4, 0.5) is 11.4 Å². The summed E-state index contributed by atoms with van der Waals surface area (Å²) >= 11 is 0. The van der Waals surface area contributed by atoms with Gasteiger partial charge >= 0.3 is 23.3 Å². The first-order valence-electron chi connectivity index (χ1n) is 28.0. The summed E-state index contributed by atoms with van der Waals surface area (Å²) in [5, 5.41) is 9.36. The number of rotatable bonds is 29. The van der Waals surface area contributed by atoms with Crippen molar-refractivity contribution < 1.29 is 64.7 Å². The lowest BCUT2D eigenvalue weighted by Crippen LogP contribution is -2.19. The average molecular weight is 1260 g/mol. The van der Waals surface area contributed by atoms with Crippen LogP contribution in [0.1, 0.15) is 80.5 Å². The highest BCUT2D eigenvalue weighted by atomic mass is 32.2. The molecule has 26 heteroatoms. The van der Waals surface area contributed by atoms with Gasteiger partial charge in [0.15, 0.2) is 11.5 Å². The Kier molecular flexibility index (Phi) is 23.7. The van der Waals surface area contributed by atoms with E-state index in [1.54, 1.807) is 76.7 Å². The maximum absolute atomic E-state index is 13.5. The number of benzene rings is 6. The number of carbonyl (C=O) groups is 2. The Bertz CT molecular complexity index is 4120. The second kappa shape index (κ2) is 30.6. The Morgan fingerprint density at radius 1 is 0.534 bits per heavy atom. The van der Waals surface area contributed by atoms with Crippen LogP contribution in [-0.4, -0.2) is 118 Å². The molecule has 0 aliphatic carbocycles. The fourth-order valence-electron chi connectivity index (χ4n) is 8.88. The number of nitrogens with two attached hydrogens (primary N) is 1. The number of esters is 1. The van der Waals surface area contributed by atoms with Crippen molar-refractivity contribution in [1.82, 2.24) is 23.2 Å². The number of nitrogens with one attached hydrogen (secondary N) is 2. The van der Waals surface area contributed by atoms with E-state index in [0.29, 0.717) is 89.5 Å². The van der Waals surface area contributed by atoms with Gasteiger partial charge in [0.05, 0.1) is 87.9 Å². The van der Waals surface area contributed by atoms with Gasteiger partial charge < -0.3 is 48.9 Å². The summed E-state index contributed by atoms with van der Waals surface area (Å²) in [6.07, 6.45) is 4.99. The number of methoxy groups -OCH3 is 1. The number of anilines is 2. The summed E-state index contributed by atoms with van der Waals surface area (Å²) in [4.78, 5) is 50.6. The second-order valence-corrected chi connectivity index (χ2v) is 23.8. The minimum Gasteiger partial charge on any atom is -0.493 e. The fourth-order valence-corrected chi connectivity index (χ4v) is 11.1. The number of nitrogens with zero attached hydrogens (tertiary/aromatic N) is 5. The quantitative estimate of drug-likeness (QED) is 0.0251. The van der Waals surface area contributed by atoms with Crippen LogP contribution in [0, 0.1) is 0 Å². The standard InChI is InChI=1S/C31H38N4O8S.C30H36N4O8S.CH4/c1-6-13-41-22-16-23(42-14-8-7-12-33(2)3)18-24(17-22)43-29-20-28-27(34(4)31(38)35(28)5)19-26(29)32-44(39,40)25-11-9-10-21(15-25)30(36)37;1-5-12-40-21-15-22(41-13-7-6-11-31)17-23(16-21)42-28-19-27-26(33(2)30(36)34(27)3)18-25(28)32-43(37,38)24-10-8-9-20(14-24)29(35)39-4;/h9-11,15-20,32H,6-8,12-14H2,1-5H3,(H,36,37);8-10,14-19,32H,5-7,11-13,31H2,1-4H3;1H4. The van der Waals surface area contributed by atoms with Crippen LogP contribution < -0.4 is 55.0 Å². The van der Waals surface area contributed by atoms with E-state index in [0.717, 1.165) is 51.1 Å². The third-order valence-electron chi connectivity index (χ3n) is 13.4. The minimum absolute atomic E-state index is 0. The molecule has 0 fully saturated rings. The maximum atomic E-state index is 13.5. The first-order valence-corrected chi connectivity index (χ1v) is 30.9. The molecule has 0 radical (unpaired) electrons. The third kappa shape index (κ3) is 17.2. The lowest BCUT2D eigenvalue weighted by Gasteiger charge is -2.17. The fraction of sp³-hybridized carbons (Fsp3) is 0.355. The zero-order valence-corrected chi connectivity index (χ0v) is 51.7. The zero-order chi connectivity index (χ0) is 63.2. The first-order chi connectivity index (χ1) is 41.5. The van der Waals surface area contributed by atoms with Crippen molar-refractivity contribution in [2.45, 2.75) is 69.6 Å². The lowest BCUT2D eigenvalue weighted by molar-refractivity contribution is 0.0599. The van der Waals surface area contributed by atoms with Crippen LogP contribution in [0.3, 0.4) is 0 Å². The molecule has 24 nitrogen and oxygen atoms in total. The van der Waals surface area contributed by atoms with Crippen molar-refractivity contribution in [2.75, 3.05) is 70.2 Å². The van der Waals surface area contributed by atoms with E-state index in [2.05, 4.69) is 14.3 Å². The molecule has 88 heavy (non-hydrogen) atoms. The molecule has 0 atom stereocenters. The topological polar surface area (TPSA) is 294 Å². The number of sulfonamides is 2. The molecule has 8 aromatic rings. The summed E-state index contributed by atoms with van der Waals surface area (Å²) in [6, 6.07) is 26.9. The van der Waals surface area contributed by atoms with E-state index >= 15 is 0 Å². The van der Waals surface area contributed by atoms with E-state index in [9.17, 15) is 41.1 Å². The molecule has 8 rings (SSSR count). The van der Waals surface area contributed by atoms with Gasteiger partial charge in [-0.15, -0.1) is 0 Å². The monoisotopic (exact) mass is 1250 g/mol. The summed E-state index contributed by atoms with van der Waals surface area (Å²) in [5.74, 6) is 1.04. The number of aryl methyl sites for hydroxylation is 4. The van der Waals surface area contributed by atoms with Crippen LogP contribution in [-0.2, 0) is 53.0 Å². The summed E-state index contributed by atoms with van der Waals surface area (Å²) in [7, 11) is 3.17. The highest BCUT2D eigenvalue weighted by Crippen LogP contribution is 2.40. The minimum atomic E-state index is -4.26. The van der Waals surface area contributed by atoms with E-state index in [-0.39, 0.29) is 62.6 Å². The van der Waals surface area contributed by atoms with Gasteiger partial charge in [0.2, 0.25) is 0 Å². The van der Waals surface area contributed by atoms with Gasteiger partial charge in [-0.2, -0.15) is 0 Å². The normalized spacial score (nSPS) is 11.4. The van der Waals surface area contributed by atoms with Crippen LogP contribution >= 0.6 is 0 Å². The molecule has 5 N–H and O–H groups in total. The molecular formula is C62H78N8O16S2. The number of hydrogen-bond acceptors (Lipinski definition) is 17. The van der Waals surface area contributed by atoms with Gasteiger partial charge in [-0.1, -0.05) is 33.4 Å². The average Bonchev–Trinajstić information content (AvgIpc) is 1.97. The number of carbonyl (C=O) groups excluding carboxylic acids is 1. The van der Waals surface area contributed by atoms with Crippen LogP contribution in [0.2, 0.25) is 0 Å². The van der Waals surface area contributed by atoms with Gasteiger partial charge in [-0.25, -0.2) is 36.0 Å². The van der Waals surface area contributed by atoms with Gasteiger partial charge in [0.25, 0.3) is 20.0 Å². The number of fused-ring (bicyclic) bond motifs is 2. The van der Waals surface area contributed by atoms with Crippen molar-refractivity contribution >= 4 is 65.4 Å². The molecule has 0 bridgehead atoms. The SMILES string of the molecule is C.CCCOc1cc(OCCCCN(C)C)cc(Oc2cc3c(cc2NS(=O)(=O)c2cccc(C(=O)O)c2)n(C)c(=O)n3C)c1.CCCOc1cc(OCCCCN)cc(Oc2cc3c(cc2NS(=O)(=O)c2cccc(C(=O)OC)c2)n(C)c(=O)n3C)c1. The first kappa shape index (κ1) is 68.1. The largest absolute Gasteiger partial charge is 0.493 e. The number of carboxylic acid groups (broad SMARTS) is 1. The van der Waals surface area contributed by atoms with Crippen LogP contribution in [0.25, 0.3) is 22.1 Å². The molecule has 0 aliphatic rings. The number of carboxylic acids is 1. The zero-order valence-electron chi connectivity index (χ0n) is 50.1. The van der Waals surface area contributed by atoms with Gasteiger partial charge in [0, 0.05) is 76.7 Å². The number of aromatic nitrogens is 4. The molecule has 0 saturated carbocycles. The van der Waals surface area contributed by atoms with E-state index in [4.69, 9.17) is 38.9 Å². The van der Waals surface area contributed by atoms with Gasteiger partial charge in [-0.05, 0) is 114 Å². The summed E-state index contributed by atoms with van der Waals surface area (Å²) in [6.45, 7) is 7.38. The van der Waals surface area contributed by atoms with Gasteiger partial charge in [0.1, 0.15) is 34.5 Å². The lowest BCUT2D eigenvalue weighted by atomic mass is 10.2. The molecule has 2 heterocycles. The van der Waals surface area contributed by atoms with E-state index < -0.39 is 32.0 Å². The van der Waals surface area contributed by atoms with E-state index in [1.807, 2.05) is 27.9 Å². The number of ether oxygens (including phenoxy) is 7. The van der Waals surface area contributed by atoms with Crippen LogP contribution in [0.15, 0.2) is 129 Å². The van der Waals surface area contributed by atoms with Gasteiger partial charge in [-0.3, -0.25) is 27.7 Å². The summed E-state index contributed by atoms with van der Waals surface area (Å²) in [5.41, 5.74) is 6.98. The highest BCUT2D eigenvalue weighted by Gasteiger charge is 2.25. The van der Waals surface area contributed by atoms with Crippen LogP contribution in [0.5, 0.6) is 46.0 Å².